The van der Waals surface area contributed by atoms with E-state index in [1.807, 2.05) is 0 Å². The number of carbonyl (C=O) groups excluding carboxylic acids is 1. The van der Waals surface area contributed by atoms with Crippen molar-refractivity contribution in [3.63, 3.8) is 0 Å². The van der Waals surface area contributed by atoms with Gasteiger partial charge in [-0.3, -0.25) is 4.79 Å². The third-order valence-corrected chi connectivity index (χ3v) is 4.50. The molecule has 0 aliphatic heterocycles. The first kappa shape index (κ1) is 26.6. The van der Waals surface area contributed by atoms with Crippen LogP contribution in [0.5, 0.6) is 0 Å². The van der Waals surface area contributed by atoms with Crippen LogP contribution in [0.1, 0.15) is 26.0 Å². The normalized spacial score (nSPS) is 11.8. The molecule has 0 radical (unpaired) electrons. The molecule has 0 fully saturated rings. The minimum absolute atomic E-state index is 0. The van der Waals surface area contributed by atoms with Crippen LogP contribution in [0.3, 0.4) is 0 Å². The number of aliphatic hydroxyl groups excluding tert-OH is 1. The van der Waals surface area contributed by atoms with Crippen molar-refractivity contribution in [2.75, 3.05) is 20.7 Å². The summed E-state index contributed by atoms with van der Waals surface area (Å²) in [6.45, 7) is 3.08. The summed E-state index contributed by atoms with van der Waals surface area (Å²) in [5.41, 5.74) is -0.544. The Morgan fingerprint density at radius 2 is 1.93 bits per heavy atom. The maximum Gasteiger partial charge on any atom is 1.00 e. The summed E-state index contributed by atoms with van der Waals surface area (Å²) in [6, 6.07) is 10.5. The molecule has 0 saturated carbocycles. The zero-order valence-electron chi connectivity index (χ0n) is 16.6. The maximum atomic E-state index is 10.1. The van der Waals surface area contributed by atoms with Gasteiger partial charge >= 0.3 is 58.2 Å². The Labute approximate surface area is 213 Å². The molecular weight excluding hydrogens is 436 g/mol. The van der Waals surface area contributed by atoms with Crippen molar-refractivity contribution in [3.05, 3.63) is 53.9 Å². The third kappa shape index (κ3) is 10.1. The van der Waals surface area contributed by atoms with E-state index in [9.17, 15) is 9.90 Å². The second-order valence-corrected chi connectivity index (χ2v) is 6.98. The van der Waals surface area contributed by atoms with E-state index in [0.717, 1.165) is 0 Å². The van der Waals surface area contributed by atoms with E-state index in [-0.39, 0.29) is 77.1 Å². The van der Waals surface area contributed by atoms with Gasteiger partial charge in [0.25, 0.3) is 0 Å². The number of benzene rings is 1. The molecule has 2 N–H and O–H groups in total. The first-order chi connectivity index (χ1) is 12.3. The van der Waals surface area contributed by atoms with E-state index >= 15 is 0 Å². The zero-order chi connectivity index (χ0) is 19.6. The van der Waals surface area contributed by atoms with Crippen LogP contribution in [0.4, 0.5) is 0 Å². The number of hydrogen-bond donors (Lipinski definition) is 2. The Bertz CT molecular complexity index is 743. The fourth-order valence-electron chi connectivity index (χ4n) is 1.76. The molecule has 0 spiro atoms. The number of amides is 1. The number of rotatable bonds is 3. The number of hydrogen-bond acceptors (Lipinski definition) is 5. The van der Waals surface area contributed by atoms with E-state index in [4.69, 9.17) is 5.11 Å². The Morgan fingerprint density at radius 1 is 1.30 bits per heavy atom. The van der Waals surface area contributed by atoms with E-state index < -0.39 is 5.60 Å². The number of nitrogens with zero attached hydrogens (tertiary/aromatic N) is 3. The fraction of sp³-hybridized carbons (Fsp3) is 0.368. The fourth-order valence-corrected chi connectivity index (χ4v) is 2.55. The summed E-state index contributed by atoms with van der Waals surface area (Å²) in [5, 5.41) is 21.7. The molecule has 0 saturated heterocycles. The van der Waals surface area contributed by atoms with Gasteiger partial charge in [-0.15, -0.1) is 11.3 Å². The maximum absolute atomic E-state index is 10.1. The van der Waals surface area contributed by atoms with Crippen molar-refractivity contribution >= 4 is 27.3 Å². The van der Waals surface area contributed by atoms with Crippen molar-refractivity contribution < 1.29 is 73.2 Å². The standard InChI is InChI=1S/C8H6S.C7H11N2O2.C4H9NO.Rb/c1-2-4-8-7(3-1)5-6-9-8;1-7(11,2-3-10)6-4-8-5-9-6;1-4(6)5(2)3;/h1-6H;4-5,10-11H,2-3H2,1H3;1-3H3;/q;-1;;+1. The minimum atomic E-state index is -1.05. The van der Waals surface area contributed by atoms with Gasteiger partial charge in [0.1, 0.15) is 0 Å². The SMILES string of the molecule is CC(=O)N(C)C.CC(O)(CCO)c1c[n-]cn1.[Rb+].c1ccc2sccc2c1. The molecule has 8 heteroatoms. The number of thiophene rings is 1. The van der Waals surface area contributed by atoms with Gasteiger partial charge in [0.2, 0.25) is 5.91 Å². The summed E-state index contributed by atoms with van der Waals surface area (Å²) < 4.78 is 1.37. The van der Waals surface area contributed by atoms with Gasteiger partial charge in [-0.25, -0.2) is 0 Å². The van der Waals surface area contributed by atoms with Crippen LogP contribution in [0, 0.1) is 0 Å². The first-order valence-electron chi connectivity index (χ1n) is 8.14. The van der Waals surface area contributed by atoms with E-state index in [1.54, 1.807) is 32.4 Å². The zero-order valence-corrected chi connectivity index (χ0v) is 22.3. The Balaban J connectivity index is 0.000000385. The van der Waals surface area contributed by atoms with Gasteiger partial charge < -0.3 is 25.1 Å². The molecule has 0 aliphatic carbocycles. The second kappa shape index (κ2) is 13.7. The number of aliphatic hydroxyl groups is 2. The van der Waals surface area contributed by atoms with Crippen molar-refractivity contribution in [2.24, 2.45) is 0 Å². The van der Waals surface area contributed by atoms with Crippen LogP contribution in [0.2, 0.25) is 0 Å². The Hall–Kier alpha value is -0.415. The molecule has 1 amide bonds. The van der Waals surface area contributed by atoms with Crippen LogP contribution in [-0.4, -0.2) is 46.7 Å². The van der Waals surface area contributed by atoms with Gasteiger partial charge in [0.15, 0.2) is 0 Å². The van der Waals surface area contributed by atoms with Crippen LogP contribution in [0.15, 0.2) is 48.2 Å². The molecule has 0 bridgehead atoms. The average molecular weight is 462 g/mol. The van der Waals surface area contributed by atoms with Crippen LogP contribution in [-0.2, 0) is 10.4 Å². The molecule has 6 nitrogen and oxygen atoms in total. The molecular formula is C19H26N3O3RbS. The predicted molar refractivity (Wildman–Crippen MR) is 105 cm³/mol. The van der Waals surface area contributed by atoms with Crippen molar-refractivity contribution in [1.29, 1.82) is 0 Å². The summed E-state index contributed by atoms with van der Waals surface area (Å²) in [4.78, 5) is 19.1. The van der Waals surface area contributed by atoms with Gasteiger partial charge in [-0.1, -0.05) is 30.7 Å². The van der Waals surface area contributed by atoms with Gasteiger partial charge in [0.05, 0.1) is 5.60 Å². The molecule has 1 unspecified atom stereocenters. The van der Waals surface area contributed by atoms with Gasteiger partial charge in [0, 0.05) is 38.7 Å². The summed E-state index contributed by atoms with van der Waals surface area (Å²) in [6.07, 6.45) is 3.16. The Morgan fingerprint density at radius 3 is 2.41 bits per heavy atom. The molecule has 3 aromatic rings. The monoisotopic (exact) mass is 461 g/mol. The summed E-state index contributed by atoms with van der Waals surface area (Å²) >= 11 is 1.79. The molecule has 2 heterocycles. The summed E-state index contributed by atoms with van der Waals surface area (Å²) in [5.74, 6) is 0.0926. The summed E-state index contributed by atoms with van der Waals surface area (Å²) in [7, 11) is 3.45. The van der Waals surface area contributed by atoms with Crippen molar-refractivity contribution in [3.8, 4) is 0 Å². The molecule has 1 aromatic carbocycles. The quantitative estimate of drug-likeness (QED) is 0.555. The smallest absolute Gasteiger partial charge is 0.449 e. The predicted octanol–water partition coefficient (Wildman–Crippen LogP) is -0.371. The molecule has 1 atom stereocenters. The second-order valence-electron chi connectivity index (χ2n) is 6.03. The van der Waals surface area contributed by atoms with Crippen LogP contribution < -0.4 is 63.2 Å². The molecule has 142 valence electrons. The largest absolute Gasteiger partial charge is 1.00 e. The number of imidazole rings is 1. The minimum Gasteiger partial charge on any atom is -0.449 e. The Kier molecular flexibility index (Phi) is 13.5. The molecule has 0 aliphatic rings. The van der Waals surface area contributed by atoms with Gasteiger partial charge in [-0.2, -0.15) is 0 Å². The number of fused-ring (bicyclic) bond motifs is 1. The van der Waals surface area contributed by atoms with E-state index in [1.165, 1.54) is 34.4 Å². The average Bonchev–Trinajstić information content (AvgIpc) is 3.28. The molecule has 27 heavy (non-hydrogen) atoms. The third-order valence-electron chi connectivity index (χ3n) is 3.60. The van der Waals surface area contributed by atoms with E-state index in [2.05, 4.69) is 45.7 Å². The van der Waals surface area contributed by atoms with E-state index in [0.29, 0.717) is 5.69 Å². The van der Waals surface area contributed by atoms with Crippen molar-refractivity contribution in [1.82, 2.24) is 14.9 Å². The molecule has 3 rings (SSSR count). The van der Waals surface area contributed by atoms with Crippen LogP contribution in [0.25, 0.3) is 10.1 Å². The number of aromatic nitrogens is 2. The first-order valence-corrected chi connectivity index (χ1v) is 9.02. The van der Waals surface area contributed by atoms with Crippen LogP contribution >= 0.6 is 11.3 Å². The number of carbonyl (C=O) groups is 1. The molecule has 2 aromatic heterocycles. The van der Waals surface area contributed by atoms with Gasteiger partial charge in [-0.05, 0) is 35.5 Å². The van der Waals surface area contributed by atoms with Crippen molar-refractivity contribution in [2.45, 2.75) is 25.9 Å². The topological polar surface area (TPSA) is 87.8 Å².